The maximum atomic E-state index is 4.66. The minimum atomic E-state index is 0.390. The van der Waals surface area contributed by atoms with Crippen LogP contribution in [-0.4, -0.2) is 5.71 Å². The van der Waals surface area contributed by atoms with Gasteiger partial charge in [0.15, 0.2) is 18.4 Å². The van der Waals surface area contributed by atoms with Crippen LogP contribution >= 0.6 is 0 Å². The van der Waals surface area contributed by atoms with Crippen LogP contribution in [0.1, 0.15) is 31.7 Å². The van der Waals surface area contributed by atoms with Gasteiger partial charge in [0.25, 0.3) is 0 Å². The lowest BCUT2D eigenvalue weighted by Gasteiger charge is -2.19. The number of hydrogen-bond donors (Lipinski definition) is 1. The van der Waals surface area contributed by atoms with Gasteiger partial charge in [-0.2, -0.15) is 9.67 Å². The third-order valence-corrected chi connectivity index (χ3v) is 3.75. The van der Waals surface area contributed by atoms with Crippen molar-refractivity contribution in [2.45, 2.75) is 31.7 Å². The van der Waals surface area contributed by atoms with Crippen molar-refractivity contribution in [1.82, 2.24) is 0 Å². The first-order valence-corrected chi connectivity index (χ1v) is 7.27. The van der Waals surface area contributed by atoms with Gasteiger partial charge in [0.05, 0.1) is 5.69 Å². The fourth-order valence-corrected chi connectivity index (χ4v) is 2.70. The first-order chi connectivity index (χ1) is 9.93. The number of aromatic nitrogens is 1. The zero-order valence-electron chi connectivity index (χ0n) is 11.6. The molecule has 0 spiro atoms. The zero-order valence-corrected chi connectivity index (χ0v) is 11.6. The van der Waals surface area contributed by atoms with E-state index in [0.29, 0.717) is 6.04 Å². The Kier molecular flexibility index (Phi) is 4.07. The maximum absolute atomic E-state index is 4.66. The third-order valence-electron chi connectivity index (χ3n) is 3.75. The molecule has 3 rings (SSSR count). The minimum Gasteiger partial charge on any atom is -0.278 e. The molecule has 102 valence electrons. The number of para-hydroxylation sites is 1. The molecule has 0 radical (unpaired) electrons. The summed E-state index contributed by atoms with van der Waals surface area (Å²) in [6.45, 7) is 0. The lowest BCUT2D eigenvalue weighted by Crippen LogP contribution is -2.44. The summed E-state index contributed by atoms with van der Waals surface area (Å²) in [5.41, 5.74) is 5.48. The molecule has 1 heterocycles. The Balaban J connectivity index is 1.79. The molecule has 1 aromatic heterocycles. The van der Waals surface area contributed by atoms with Gasteiger partial charge < -0.3 is 0 Å². The Morgan fingerprint density at radius 1 is 0.950 bits per heavy atom. The SMILES string of the molecule is c1ccc(N/N=C2\CCCCC2[n+]2ccccc2)cc1. The Labute approximate surface area is 120 Å². The number of benzene rings is 1. The molecule has 1 aliphatic rings. The van der Waals surface area contributed by atoms with Gasteiger partial charge in [-0.15, -0.1) is 0 Å². The van der Waals surface area contributed by atoms with E-state index >= 15 is 0 Å². The van der Waals surface area contributed by atoms with Crippen LogP contribution in [0.5, 0.6) is 0 Å². The first-order valence-electron chi connectivity index (χ1n) is 7.27. The smallest absolute Gasteiger partial charge is 0.198 e. The fraction of sp³-hybridized carbons (Fsp3) is 0.294. The molecule has 2 aromatic rings. The van der Waals surface area contributed by atoms with Gasteiger partial charge in [-0.3, -0.25) is 5.43 Å². The number of hydrazone groups is 1. The largest absolute Gasteiger partial charge is 0.278 e. The van der Waals surface area contributed by atoms with Crippen LogP contribution in [-0.2, 0) is 0 Å². The number of pyridine rings is 1. The van der Waals surface area contributed by atoms with Crippen LogP contribution in [0.15, 0.2) is 66.0 Å². The highest BCUT2D eigenvalue weighted by Crippen LogP contribution is 2.22. The van der Waals surface area contributed by atoms with Gasteiger partial charge >= 0.3 is 0 Å². The maximum Gasteiger partial charge on any atom is 0.198 e. The molecule has 1 atom stereocenters. The highest BCUT2D eigenvalue weighted by molar-refractivity contribution is 5.88. The molecule has 0 amide bonds. The predicted molar refractivity (Wildman–Crippen MR) is 81.6 cm³/mol. The summed E-state index contributed by atoms with van der Waals surface area (Å²) >= 11 is 0. The van der Waals surface area contributed by atoms with E-state index in [1.54, 1.807) is 0 Å². The summed E-state index contributed by atoms with van der Waals surface area (Å²) in [4.78, 5) is 0. The van der Waals surface area contributed by atoms with Crippen molar-refractivity contribution in [2.24, 2.45) is 5.10 Å². The fourth-order valence-electron chi connectivity index (χ4n) is 2.70. The molecule has 1 N–H and O–H groups in total. The Bertz CT molecular complexity index is 563. The summed E-state index contributed by atoms with van der Waals surface area (Å²) in [7, 11) is 0. The van der Waals surface area contributed by atoms with E-state index in [1.165, 1.54) is 25.0 Å². The predicted octanol–water partition coefficient (Wildman–Crippen LogP) is 3.56. The van der Waals surface area contributed by atoms with Gasteiger partial charge in [0.1, 0.15) is 5.71 Å². The van der Waals surface area contributed by atoms with Crippen molar-refractivity contribution in [1.29, 1.82) is 0 Å². The number of rotatable bonds is 3. The van der Waals surface area contributed by atoms with Gasteiger partial charge in [-0.1, -0.05) is 24.3 Å². The van der Waals surface area contributed by atoms with E-state index in [9.17, 15) is 0 Å². The standard InChI is InChI=1S/C17H20N3/c1-3-9-15(10-4-1)18-19-16-11-5-6-12-17(16)20-13-7-2-8-14-20/h1-4,7-10,13-14,17-18H,5-6,11-12H2/q+1/b19-16+. The van der Waals surface area contributed by atoms with Crippen LogP contribution in [0.25, 0.3) is 0 Å². The Hall–Kier alpha value is -2.16. The molecule has 3 heteroatoms. The van der Waals surface area contributed by atoms with Crippen LogP contribution in [0.4, 0.5) is 5.69 Å². The van der Waals surface area contributed by atoms with E-state index < -0.39 is 0 Å². The molecule has 0 bridgehead atoms. The van der Waals surface area contributed by atoms with E-state index in [0.717, 1.165) is 12.1 Å². The van der Waals surface area contributed by atoms with Crippen LogP contribution < -0.4 is 9.99 Å². The lowest BCUT2D eigenvalue weighted by molar-refractivity contribution is -0.708. The van der Waals surface area contributed by atoms with Gasteiger partial charge in [0.2, 0.25) is 0 Å². The summed E-state index contributed by atoms with van der Waals surface area (Å²) in [5.74, 6) is 0. The molecular weight excluding hydrogens is 246 g/mol. The van der Waals surface area contributed by atoms with Crippen molar-refractivity contribution < 1.29 is 4.57 Å². The number of nitrogens with zero attached hydrogens (tertiary/aromatic N) is 2. The quantitative estimate of drug-likeness (QED) is 0.668. The molecule has 1 aromatic carbocycles. The number of anilines is 1. The molecule has 0 aliphatic heterocycles. The van der Waals surface area contributed by atoms with E-state index in [1.807, 2.05) is 30.3 Å². The Morgan fingerprint density at radius 2 is 1.70 bits per heavy atom. The highest BCUT2D eigenvalue weighted by Gasteiger charge is 2.27. The van der Waals surface area contributed by atoms with E-state index in [2.05, 4.69) is 45.7 Å². The summed E-state index contributed by atoms with van der Waals surface area (Å²) in [6, 6.07) is 16.7. The molecular formula is C17H20N3+. The monoisotopic (exact) mass is 266 g/mol. The summed E-state index contributed by atoms with van der Waals surface area (Å²) in [6.07, 6.45) is 9.02. The Morgan fingerprint density at radius 3 is 2.50 bits per heavy atom. The van der Waals surface area contributed by atoms with Gasteiger partial charge in [0, 0.05) is 18.6 Å². The molecule has 1 aliphatic carbocycles. The van der Waals surface area contributed by atoms with Gasteiger partial charge in [-0.05, 0) is 31.4 Å². The van der Waals surface area contributed by atoms with Crippen LogP contribution in [0.3, 0.4) is 0 Å². The molecule has 1 saturated carbocycles. The van der Waals surface area contributed by atoms with Crippen molar-refractivity contribution in [2.75, 3.05) is 5.43 Å². The molecule has 3 nitrogen and oxygen atoms in total. The number of nitrogens with one attached hydrogen (secondary N) is 1. The topological polar surface area (TPSA) is 28.3 Å². The lowest BCUT2D eigenvalue weighted by atomic mass is 9.93. The molecule has 20 heavy (non-hydrogen) atoms. The molecule has 1 fully saturated rings. The summed E-state index contributed by atoms with van der Waals surface area (Å²) < 4.78 is 2.27. The normalized spacial score (nSPS) is 20.8. The third kappa shape index (κ3) is 3.05. The second kappa shape index (κ2) is 6.33. The minimum absolute atomic E-state index is 0.390. The summed E-state index contributed by atoms with van der Waals surface area (Å²) in [5, 5.41) is 4.66. The van der Waals surface area contributed by atoms with Crippen molar-refractivity contribution >= 4 is 11.4 Å². The van der Waals surface area contributed by atoms with Gasteiger partial charge in [-0.25, -0.2) is 0 Å². The average Bonchev–Trinajstić information content (AvgIpc) is 2.55. The second-order valence-corrected chi connectivity index (χ2v) is 5.17. The van der Waals surface area contributed by atoms with E-state index in [4.69, 9.17) is 0 Å². The van der Waals surface area contributed by atoms with E-state index in [-0.39, 0.29) is 0 Å². The first kappa shape index (κ1) is 12.9. The van der Waals surface area contributed by atoms with Crippen LogP contribution in [0, 0.1) is 0 Å². The average molecular weight is 266 g/mol. The molecule has 0 saturated heterocycles. The number of hydrogen-bond acceptors (Lipinski definition) is 2. The second-order valence-electron chi connectivity index (χ2n) is 5.17. The highest BCUT2D eigenvalue weighted by atomic mass is 15.3. The van der Waals surface area contributed by atoms with Crippen LogP contribution in [0.2, 0.25) is 0 Å². The van der Waals surface area contributed by atoms with Crippen molar-refractivity contribution in [3.63, 3.8) is 0 Å². The molecule has 1 unspecified atom stereocenters. The van der Waals surface area contributed by atoms with Crippen molar-refractivity contribution in [3.8, 4) is 0 Å². The van der Waals surface area contributed by atoms with Crippen molar-refractivity contribution in [3.05, 3.63) is 60.9 Å². The zero-order chi connectivity index (χ0) is 13.6.